The summed E-state index contributed by atoms with van der Waals surface area (Å²) in [4.78, 5) is 30.2. The molecule has 0 aliphatic heterocycles. The number of hydrogen-bond acceptors (Lipinski definition) is 3. The second-order valence-corrected chi connectivity index (χ2v) is 5.35. The fourth-order valence-corrected chi connectivity index (χ4v) is 2.90. The molecule has 0 bridgehead atoms. The molecular formula is C18H13N3O2. The fourth-order valence-electron chi connectivity index (χ4n) is 2.90. The maximum absolute atomic E-state index is 12.3. The van der Waals surface area contributed by atoms with Gasteiger partial charge in [-0.3, -0.25) is 9.78 Å². The summed E-state index contributed by atoms with van der Waals surface area (Å²) in [6.07, 6.45) is 0. The summed E-state index contributed by atoms with van der Waals surface area (Å²) in [5.74, 6) is 0. The molecule has 5 nitrogen and oxygen atoms in total. The van der Waals surface area contributed by atoms with Crippen molar-refractivity contribution in [2.75, 3.05) is 0 Å². The predicted octanol–water partition coefficient (Wildman–Crippen LogP) is 2.29. The van der Waals surface area contributed by atoms with Crippen LogP contribution in [0.4, 0.5) is 0 Å². The number of rotatable bonds is 2. The second kappa shape index (κ2) is 5.21. The number of hydrogen-bond donors (Lipinski definition) is 1. The second-order valence-electron chi connectivity index (χ2n) is 5.35. The van der Waals surface area contributed by atoms with Crippen molar-refractivity contribution in [3.05, 3.63) is 87.1 Å². The Bertz CT molecular complexity index is 1130. The van der Waals surface area contributed by atoms with Crippen molar-refractivity contribution in [1.29, 1.82) is 0 Å². The molecule has 2 aromatic carbocycles. The highest BCUT2D eigenvalue weighted by Gasteiger charge is 2.15. The normalized spacial score (nSPS) is 11.1. The van der Waals surface area contributed by atoms with E-state index in [0.29, 0.717) is 17.6 Å². The first-order valence-corrected chi connectivity index (χ1v) is 7.29. The van der Waals surface area contributed by atoms with Gasteiger partial charge in [0, 0.05) is 11.9 Å². The Labute approximate surface area is 130 Å². The van der Waals surface area contributed by atoms with Crippen molar-refractivity contribution in [1.82, 2.24) is 14.5 Å². The van der Waals surface area contributed by atoms with Crippen LogP contribution in [0.2, 0.25) is 0 Å². The SMILES string of the molecule is O=c1nc2c(c(=O)[nH]1)c1cccccc1n2Cc1ccccc1. The molecule has 1 N–H and O–H groups in total. The molecule has 112 valence electrons. The molecule has 0 saturated carbocycles. The van der Waals surface area contributed by atoms with E-state index in [1.165, 1.54) is 0 Å². The topological polar surface area (TPSA) is 67.8 Å². The molecule has 5 heteroatoms. The van der Waals surface area contributed by atoms with E-state index in [2.05, 4.69) is 9.97 Å². The summed E-state index contributed by atoms with van der Waals surface area (Å²) < 4.78 is 1.91. The molecule has 4 aromatic rings. The summed E-state index contributed by atoms with van der Waals surface area (Å²) in [5, 5.41) is 1.24. The van der Waals surface area contributed by atoms with Gasteiger partial charge in [-0.25, -0.2) is 4.79 Å². The van der Waals surface area contributed by atoms with Crippen LogP contribution in [0.3, 0.4) is 0 Å². The molecule has 0 aliphatic rings. The summed E-state index contributed by atoms with van der Waals surface area (Å²) in [6.45, 7) is 0.542. The van der Waals surface area contributed by atoms with Gasteiger partial charge >= 0.3 is 5.69 Å². The number of aromatic amines is 1. The summed E-state index contributed by atoms with van der Waals surface area (Å²) in [6, 6.07) is 19.4. The van der Waals surface area contributed by atoms with Crippen LogP contribution in [0.1, 0.15) is 5.56 Å². The van der Waals surface area contributed by atoms with Crippen LogP contribution in [0.15, 0.2) is 70.3 Å². The zero-order valence-corrected chi connectivity index (χ0v) is 12.2. The Morgan fingerprint density at radius 1 is 0.913 bits per heavy atom. The average Bonchev–Trinajstić information content (AvgIpc) is 2.70. The molecule has 2 heterocycles. The van der Waals surface area contributed by atoms with E-state index >= 15 is 0 Å². The van der Waals surface area contributed by atoms with E-state index in [0.717, 1.165) is 16.5 Å². The van der Waals surface area contributed by atoms with Gasteiger partial charge in [0.25, 0.3) is 5.56 Å². The molecule has 4 rings (SSSR count). The number of H-pyrrole nitrogens is 1. The molecular weight excluding hydrogens is 290 g/mol. The van der Waals surface area contributed by atoms with E-state index in [-0.39, 0.29) is 0 Å². The molecule has 2 aromatic heterocycles. The van der Waals surface area contributed by atoms with Gasteiger partial charge in [-0.15, -0.1) is 0 Å². The van der Waals surface area contributed by atoms with Gasteiger partial charge in [-0.2, -0.15) is 4.98 Å². The third kappa shape index (κ3) is 2.23. The minimum absolute atomic E-state index is 0.400. The van der Waals surface area contributed by atoms with Crippen molar-refractivity contribution in [3.63, 3.8) is 0 Å². The molecule has 0 atom stereocenters. The van der Waals surface area contributed by atoms with Gasteiger partial charge in [0.05, 0.1) is 10.9 Å². The van der Waals surface area contributed by atoms with Gasteiger partial charge < -0.3 is 4.57 Å². The van der Waals surface area contributed by atoms with Crippen molar-refractivity contribution in [3.8, 4) is 0 Å². The molecule has 0 spiro atoms. The highest BCUT2D eigenvalue weighted by molar-refractivity contribution is 6.05. The first-order chi connectivity index (χ1) is 11.2. The maximum atomic E-state index is 12.3. The Morgan fingerprint density at radius 2 is 1.61 bits per heavy atom. The number of nitrogens with zero attached hydrogens (tertiary/aromatic N) is 2. The maximum Gasteiger partial charge on any atom is 0.349 e. The lowest BCUT2D eigenvalue weighted by Gasteiger charge is -2.06. The highest BCUT2D eigenvalue weighted by Crippen LogP contribution is 2.24. The molecule has 0 unspecified atom stereocenters. The predicted molar refractivity (Wildman–Crippen MR) is 89.7 cm³/mol. The third-order valence-electron chi connectivity index (χ3n) is 3.89. The van der Waals surface area contributed by atoms with Crippen LogP contribution < -0.4 is 11.2 Å². The van der Waals surface area contributed by atoms with E-state index in [9.17, 15) is 9.59 Å². The Hall–Kier alpha value is -3.21. The molecule has 23 heavy (non-hydrogen) atoms. The Morgan fingerprint density at radius 3 is 2.39 bits per heavy atom. The first-order valence-electron chi connectivity index (χ1n) is 7.29. The lowest BCUT2D eigenvalue weighted by molar-refractivity contribution is 0.848. The molecule has 0 amide bonds. The van der Waals surface area contributed by atoms with Crippen LogP contribution in [0, 0.1) is 0 Å². The zero-order chi connectivity index (χ0) is 15.8. The minimum Gasteiger partial charge on any atom is -0.320 e. The van der Waals surface area contributed by atoms with Crippen LogP contribution in [-0.4, -0.2) is 14.5 Å². The largest absolute Gasteiger partial charge is 0.349 e. The summed E-state index contributed by atoms with van der Waals surface area (Å²) >= 11 is 0. The van der Waals surface area contributed by atoms with Gasteiger partial charge in [0.2, 0.25) is 0 Å². The lowest BCUT2D eigenvalue weighted by atomic mass is 10.2. The quantitative estimate of drug-likeness (QED) is 0.618. The molecule has 0 fully saturated rings. The average molecular weight is 303 g/mol. The summed E-state index contributed by atoms with van der Waals surface area (Å²) in [5.41, 5.74) is 1.35. The number of benzene rings is 1. The summed E-state index contributed by atoms with van der Waals surface area (Å²) in [7, 11) is 0. The van der Waals surface area contributed by atoms with Crippen LogP contribution >= 0.6 is 0 Å². The third-order valence-corrected chi connectivity index (χ3v) is 3.89. The molecule has 0 radical (unpaired) electrons. The van der Waals surface area contributed by atoms with Crippen molar-refractivity contribution >= 4 is 21.9 Å². The number of nitrogens with one attached hydrogen (secondary N) is 1. The fraction of sp³-hybridized carbons (Fsp3) is 0.0556. The number of aromatic nitrogens is 3. The van der Waals surface area contributed by atoms with E-state index in [4.69, 9.17) is 0 Å². The monoisotopic (exact) mass is 303 g/mol. The van der Waals surface area contributed by atoms with E-state index in [1.807, 2.05) is 65.2 Å². The van der Waals surface area contributed by atoms with Gasteiger partial charge in [-0.1, -0.05) is 54.6 Å². The standard InChI is InChI=1S/C18H13N3O2/c22-17-15-13-9-5-2-6-10-14(13)21(16(15)19-18(23)20-17)11-12-7-3-1-4-8-12/h1-10H,11H2,(H,20,22,23). The van der Waals surface area contributed by atoms with Crippen LogP contribution in [0.5, 0.6) is 0 Å². The smallest absolute Gasteiger partial charge is 0.320 e. The van der Waals surface area contributed by atoms with E-state index in [1.54, 1.807) is 0 Å². The van der Waals surface area contributed by atoms with Crippen molar-refractivity contribution in [2.24, 2.45) is 0 Å². The first kappa shape index (κ1) is 13.5. The molecule has 0 saturated heterocycles. The van der Waals surface area contributed by atoms with Gasteiger partial charge in [-0.05, 0) is 11.6 Å². The Kier molecular flexibility index (Phi) is 3.05. The highest BCUT2D eigenvalue weighted by atomic mass is 16.2. The van der Waals surface area contributed by atoms with Crippen LogP contribution in [-0.2, 0) is 6.54 Å². The van der Waals surface area contributed by atoms with Crippen molar-refractivity contribution in [2.45, 2.75) is 6.54 Å². The zero-order valence-electron chi connectivity index (χ0n) is 12.2. The number of fused-ring (bicyclic) bond motifs is 3. The van der Waals surface area contributed by atoms with E-state index < -0.39 is 11.2 Å². The van der Waals surface area contributed by atoms with Crippen LogP contribution in [0.25, 0.3) is 21.9 Å². The Balaban J connectivity index is 2.14. The van der Waals surface area contributed by atoms with Gasteiger partial charge in [0.15, 0.2) is 5.65 Å². The molecule has 0 aliphatic carbocycles. The van der Waals surface area contributed by atoms with Gasteiger partial charge in [0.1, 0.15) is 0 Å². The minimum atomic E-state index is -0.621. The van der Waals surface area contributed by atoms with Crippen molar-refractivity contribution < 1.29 is 0 Å². The lowest BCUT2D eigenvalue weighted by Crippen LogP contribution is -2.22.